The zero-order valence-corrected chi connectivity index (χ0v) is 25.2. The summed E-state index contributed by atoms with van der Waals surface area (Å²) in [6.45, 7) is 11.8. The molecule has 1 atom stereocenters. The molecular formula is C32H41N3O4S. The first-order chi connectivity index (χ1) is 18.9. The Hall–Kier alpha value is -3.65. The van der Waals surface area contributed by atoms with Crippen LogP contribution in [0.5, 0.6) is 0 Å². The summed E-state index contributed by atoms with van der Waals surface area (Å²) in [5.74, 6) is -0.480. The third-order valence-electron chi connectivity index (χ3n) is 6.89. The molecule has 1 N–H and O–H groups in total. The molecule has 0 saturated heterocycles. The highest BCUT2D eigenvalue weighted by atomic mass is 32.2. The van der Waals surface area contributed by atoms with Crippen LogP contribution in [0.3, 0.4) is 0 Å². The molecule has 3 aromatic rings. The van der Waals surface area contributed by atoms with Gasteiger partial charge in [-0.25, -0.2) is 8.42 Å². The van der Waals surface area contributed by atoms with Crippen LogP contribution in [0.25, 0.3) is 0 Å². The molecule has 0 radical (unpaired) electrons. The van der Waals surface area contributed by atoms with E-state index in [4.69, 9.17) is 0 Å². The number of nitrogens with zero attached hydrogens (tertiary/aromatic N) is 2. The minimum absolute atomic E-state index is 0.0952. The minimum atomic E-state index is -4.09. The molecule has 0 fully saturated rings. The van der Waals surface area contributed by atoms with E-state index in [1.54, 1.807) is 43.3 Å². The predicted octanol–water partition coefficient (Wildman–Crippen LogP) is 5.57. The Morgan fingerprint density at radius 2 is 1.52 bits per heavy atom. The molecule has 7 nitrogen and oxygen atoms in total. The van der Waals surface area contributed by atoms with Crippen molar-refractivity contribution in [3.8, 4) is 0 Å². The molecule has 0 spiro atoms. The number of hydrogen-bond donors (Lipinski definition) is 1. The first-order valence-corrected chi connectivity index (χ1v) is 15.2. The summed E-state index contributed by atoms with van der Waals surface area (Å²) >= 11 is 0. The number of hydrogen-bond acceptors (Lipinski definition) is 4. The second kappa shape index (κ2) is 13.6. The second-order valence-electron chi connectivity index (χ2n) is 10.5. The van der Waals surface area contributed by atoms with Crippen LogP contribution in [0.15, 0.2) is 77.7 Å². The second-order valence-corrected chi connectivity index (χ2v) is 12.4. The van der Waals surface area contributed by atoms with E-state index in [-0.39, 0.29) is 23.3 Å². The third kappa shape index (κ3) is 7.72. The molecule has 0 aliphatic heterocycles. The molecule has 0 heterocycles. The van der Waals surface area contributed by atoms with Crippen molar-refractivity contribution in [3.05, 3.63) is 95.1 Å². The van der Waals surface area contributed by atoms with E-state index in [0.29, 0.717) is 12.2 Å². The van der Waals surface area contributed by atoms with Gasteiger partial charge in [-0.1, -0.05) is 80.4 Å². The number of rotatable bonds is 12. The first kappa shape index (κ1) is 30.9. The topological polar surface area (TPSA) is 86.8 Å². The Balaban J connectivity index is 2.03. The molecule has 0 bridgehead atoms. The van der Waals surface area contributed by atoms with Gasteiger partial charge in [-0.2, -0.15) is 0 Å². The van der Waals surface area contributed by atoms with Crippen molar-refractivity contribution in [2.24, 2.45) is 0 Å². The highest BCUT2D eigenvalue weighted by molar-refractivity contribution is 7.92. The molecule has 0 aliphatic carbocycles. The maximum atomic E-state index is 14.0. The van der Waals surface area contributed by atoms with E-state index < -0.39 is 28.5 Å². The van der Waals surface area contributed by atoms with E-state index in [1.807, 2.05) is 57.2 Å². The molecule has 2 amide bonds. The average molecular weight is 564 g/mol. The molecule has 0 unspecified atom stereocenters. The standard InChI is InChI=1S/C32H41N3O4S/c1-7-19-33-32(37)26(6)34(21-27-10-8-9-25(5)20-27)31(36)22-35(29-15-13-28(14-16-29)23(2)3)40(38,39)30-17-11-24(4)12-18-30/h8-18,20,23,26H,7,19,21-22H2,1-6H3,(H,33,37)/t26-/m1/s1. The van der Waals surface area contributed by atoms with Gasteiger partial charge in [-0.3, -0.25) is 13.9 Å². The lowest BCUT2D eigenvalue weighted by atomic mass is 10.0. The van der Waals surface area contributed by atoms with Crippen molar-refractivity contribution in [2.45, 2.75) is 71.4 Å². The van der Waals surface area contributed by atoms with Gasteiger partial charge >= 0.3 is 0 Å². The van der Waals surface area contributed by atoms with Crippen molar-refractivity contribution in [3.63, 3.8) is 0 Å². The highest BCUT2D eigenvalue weighted by Crippen LogP contribution is 2.27. The summed E-state index contributed by atoms with van der Waals surface area (Å²) in [7, 11) is -4.09. The Bertz CT molecular complexity index is 1400. The Morgan fingerprint density at radius 3 is 2.10 bits per heavy atom. The van der Waals surface area contributed by atoms with E-state index in [2.05, 4.69) is 19.2 Å². The Kier molecular flexibility index (Phi) is 10.5. The largest absolute Gasteiger partial charge is 0.354 e. The quantitative estimate of drug-likeness (QED) is 0.312. The lowest BCUT2D eigenvalue weighted by Gasteiger charge is -2.32. The zero-order chi connectivity index (χ0) is 29.4. The lowest BCUT2D eigenvalue weighted by Crippen LogP contribution is -2.51. The molecule has 0 aliphatic rings. The average Bonchev–Trinajstić information content (AvgIpc) is 2.93. The van der Waals surface area contributed by atoms with Crippen LogP contribution in [-0.2, 0) is 26.2 Å². The van der Waals surface area contributed by atoms with Crippen molar-refractivity contribution in [1.82, 2.24) is 10.2 Å². The van der Waals surface area contributed by atoms with Gasteiger partial charge in [0.1, 0.15) is 12.6 Å². The highest BCUT2D eigenvalue weighted by Gasteiger charge is 2.32. The fourth-order valence-corrected chi connectivity index (χ4v) is 5.79. The van der Waals surface area contributed by atoms with E-state index in [9.17, 15) is 18.0 Å². The van der Waals surface area contributed by atoms with Gasteiger partial charge in [0.05, 0.1) is 10.6 Å². The number of benzene rings is 3. The van der Waals surface area contributed by atoms with Crippen molar-refractivity contribution in [1.29, 1.82) is 0 Å². The van der Waals surface area contributed by atoms with Crippen molar-refractivity contribution >= 4 is 27.5 Å². The summed E-state index contributed by atoms with van der Waals surface area (Å²) in [6.07, 6.45) is 0.763. The van der Waals surface area contributed by atoms with Gasteiger partial charge < -0.3 is 10.2 Å². The number of sulfonamides is 1. The Morgan fingerprint density at radius 1 is 0.875 bits per heavy atom. The molecule has 8 heteroatoms. The minimum Gasteiger partial charge on any atom is -0.354 e. The monoisotopic (exact) mass is 563 g/mol. The molecule has 3 rings (SSSR count). The van der Waals surface area contributed by atoms with E-state index in [0.717, 1.165) is 33.0 Å². The van der Waals surface area contributed by atoms with Crippen LogP contribution < -0.4 is 9.62 Å². The molecule has 0 aromatic heterocycles. The summed E-state index contributed by atoms with van der Waals surface area (Å²) in [5.41, 5.74) is 4.26. The number of amides is 2. The fourth-order valence-electron chi connectivity index (χ4n) is 4.38. The third-order valence-corrected chi connectivity index (χ3v) is 8.68. The molecule has 40 heavy (non-hydrogen) atoms. The Labute approximate surface area is 239 Å². The van der Waals surface area contributed by atoms with Crippen LogP contribution >= 0.6 is 0 Å². The van der Waals surface area contributed by atoms with Gasteiger partial charge in [0, 0.05) is 13.1 Å². The normalized spacial score (nSPS) is 12.2. The SMILES string of the molecule is CCCNC(=O)[C@@H](C)N(Cc1cccc(C)c1)C(=O)CN(c1ccc(C(C)C)cc1)S(=O)(=O)c1ccc(C)cc1. The summed E-state index contributed by atoms with van der Waals surface area (Å²) in [4.78, 5) is 28.5. The molecule has 0 saturated carbocycles. The summed E-state index contributed by atoms with van der Waals surface area (Å²) in [5, 5.41) is 2.86. The van der Waals surface area contributed by atoms with Crippen molar-refractivity contribution < 1.29 is 18.0 Å². The van der Waals surface area contributed by atoms with Crippen LogP contribution in [0, 0.1) is 13.8 Å². The van der Waals surface area contributed by atoms with Gasteiger partial charge in [-0.15, -0.1) is 0 Å². The molecular weight excluding hydrogens is 522 g/mol. The summed E-state index contributed by atoms with van der Waals surface area (Å²) in [6, 6.07) is 20.7. The lowest BCUT2D eigenvalue weighted by molar-refractivity contribution is -0.139. The predicted molar refractivity (Wildman–Crippen MR) is 161 cm³/mol. The number of carbonyl (C=O) groups excluding carboxylic acids is 2. The van der Waals surface area contributed by atoms with Crippen LogP contribution in [0.4, 0.5) is 5.69 Å². The number of nitrogens with one attached hydrogen (secondary N) is 1. The number of carbonyl (C=O) groups is 2. The van der Waals surface area contributed by atoms with Gasteiger partial charge in [0.25, 0.3) is 10.0 Å². The van der Waals surface area contributed by atoms with Crippen LogP contribution in [0.1, 0.15) is 62.3 Å². The van der Waals surface area contributed by atoms with Crippen molar-refractivity contribution in [2.75, 3.05) is 17.4 Å². The smallest absolute Gasteiger partial charge is 0.264 e. The van der Waals surface area contributed by atoms with Crippen LogP contribution in [-0.4, -0.2) is 44.3 Å². The summed E-state index contributed by atoms with van der Waals surface area (Å²) < 4.78 is 29.0. The van der Waals surface area contributed by atoms with Crippen LogP contribution in [0.2, 0.25) is 0 Å². The molecule has 214 valence electrons. The van der Waals surface area contributed by atoms with E-state index in [1.165, 1.54) is 4.90 Å². The first-order valence-electron chi connectivity index (χ1n) is 13.8. The maximum absolute atomic E-state index is 14.0. The fraction of sp³-hybridized carbons (Fsp3) is 0.375. The van der Waals surface area contributed by atoms with Gasteiger partial charge in [-0.05, 0) is 68.5 Å². The van der Waals surface area contributed by atoms with E-state index >= 15 is 0 Å². The number of anilines is 1. The molecule has 3 aromatic carbocycles. The maximum Gasteiger partial charge on any atom is 0.264 e. The number of aryl methyl sites for hydroxylation is 2. The van der Waals surface area contributed by atoms with Gasteiger partial charge in [0.2, 0.25) is 11.8 Å². The van der Waals surface area contributed by atoms with Gasteiger partial charge in [0.15, 0.2) is 0 Å². The zero-order valence-electron chi connectivity index (χ0n) is 24.3.